The van der Waals surface area contributed by atoms with Crippen LogP contribution < -0.4 is 10.1 Å². The van der Waals surface area contributed by atoms with E-state index in [4.69, 9.17) is 16.3 Å². The molecule has 1 amide bonds. The molecular weight excluding hydrogens is 516 g/mol. The maximum Gasteiger partial charge on any atom is 0.264 e. The molecule has 0 aliphatic carbocycles. The second kappa shape index (κ2) is 9.10. The van der Waals surface area contributed by atoms with Crippen LogP contribution >= 0.6 is 55.2 Å². The number of amides is 1. The van der Waals surface area contributed by atoms with E-state index in [-0.39, 0.29) is 5.91 Å². The van der Waals surface area contributed by atoms with Gasteiger partial charge in [0.05, 0.1) is 19.5 Å². The molecule has 27 heavy (non-hydrogen) atoms. The van der Waals surface area contributed by atoms with Gasteiger partial charge in [-0.25, -0.2) is 4.99 Å². The summed E-state index contributed by atoms with van der Waals surface area (Å²) in [4.78, 5) is 17.2. The number of aliphatic imine (C=N–C) groups is 1. The molecule has 2 aromatic carbocycles. The van der Waals surface area contributed by atoms with E-state index in [2.05, 4.69) is 48.7 Å². The number of halogens is 3. The average Bonchev–Trinajstić information content (AvgIpc) is 2.95. The fourth-order valence-electron chi connectivity index (χ4n) is 2.21. The maximum absolute atomic E-state index is 12.3. The largest absolute Gasteiger partial charge is 0.487 e. The third-order valence-electron chi connectivity index (χ3n) is 3.37. The lowest BCUT2D eigenvalue weighted by molar-refractivity contribution is -0.115. The van der Waals surface area contributed by atoms with Crippen molar-refractivity contribution in [2.24, 2.45) is 4.99 Å². The summed E-state index contributed by atoms with van der Waals surface area (Å²) < 4.78 is 7.17. The van der Waals surface area contributed by atoms with Crippen LogP contribution in [0.5, 0.6) is 5.75 Å². The normalized spacial score (nSPS) is 16.6. The summed E-state index contributed by atoms with van der Waals surface area (Å²) >= 11 is 14.1. The topological polar surface area (TPSA) is 50.7 Å². The van der Waals surface area contributed by atoms with Crippen LogP contribution in [-0.2, 0) is 4.79 Å². The summed E-state index contributed by atoms with van der Waals surface area (Å²) in [6, 6.07) is 10.9. The van der Waals surface area contributed by atoms with Gasteiger partial charge in [-0.1, -0.05) is 24.3 Å². The van der Waals surface area contributed by atoms with Gasteiger partial charge in [0, 0.05) is 5.02 Å². The van der Waals surface area contributed by atoms with Crippen molar-refractivity contribution in [3.63, 3.8) is 0 Å². The predicted molar refractivity (Wildman–Crippen MR) is 120 cm³/mol. The molecule has 0 atom stereocenters. The van der Waals surface area contributed by atoms with Crippen molar-refractivity contribution in [1.29, 1.82) is 0 Å². The zero-order valence-corrected chi connectivity index (χ0v) is 18.6. The number of thioether (sulfide) groups is 1. The minimum atomic E-state index is -0.188. The van der Waals surface area contributed by atoms with Crippen molar-refractivity contribution in [2.45, 2.75) is 0 Å². The summed E-state index contributed by atoms with van der Waals surface area (Å²) in [6.45, 7) is 4.04. The van der Waals surface area contributed by atoms with Crippen LogP contribution in [0.3, 0.4) is 0 Å². The van der Waals surface area contributed by atoms with Crippen LogP contribution in [0, 0.1) is 0 Å². The second-order valence-corrected chi connectivity index (χ2v) is 8.55. The highest BCUT2D eigenvalue weighted by Crippen LogP contribution is 2.36. The van der Waals surface area contributed by atoms with Crippen molar-refractivity contribution in [1.82, 2.24) is 5.32 Å². The lowest BCUT2D eigenvalue weighted by atomic mass is 10.2. The molecule has 2 aromatic rings. The highest BCUT2D eigenvalue weighted by molar-refractivity contribution is 9.11. The Bertz CT molecular complexity index is 936. The van der Waals surface area contributed by atoms with Crippen LogP contribution in [-0.4, -0.2) is 17.7 Å². The first-order chi connectivity index (χ1) is 13.0. The third-order valence-corrected chi connectivity index (χ3v) is 5.71. The monoisotopic (exact) mass is 526 g/mol. The number of ether oxygens (including phenoxy) is 1. The molecule has 1 aliphatic rings. The summed E-state index contributed by atoms with van der Waals surface area (Å²) in [5.74, 6) is 0.498. The Kier molecular flexibility index (Phi) is 6.81. The first-order valence-electron chi connectivity index (χ1n) is 7.74. The SMILES string of the molecule is C=CCOc1c(Br)cc(/C=C2\SC(=Nc3ccc(Cl)cc3)NC2=O)cc1Br. The Labute approximate surface area is 183 Å². The Hall–Kier alpha value is -1.54. The van der Waals surface area contributed by atoms with Crippen LogP contribution in [0.2, 0.25) is 5.02 Å². The summed E-state index contributed by atoms with van der Waals surface area (Å²) in [5.41, 5.74) is 1.57. The first kappa shape index (κ1) is 20.2. The Morgan fingerprint density at radius 1 is 1.22 bits per heavy atom. The van der Waals surface area contributed by atoms with E-state index in [9.17, 15) is 4.79 Å². The minimum Gasteiger partial charge on any atom is -0.487 e. The molecule has 1 fully saturated rings. The molecule has 8 heteroatoms. The molecule has 1 aliphatic heterocycles. The number of amidine groups is 1. The number of carbonyl (C=O) groups excluding carboxylic acids is 1. The van der Waals surface area contributed by atoms with Crippen molar-refractivity contribution in [3.05, 3.63) is 73.5 Å². The first-order valence-corrected chi connectivity index (χ1v) is 10.5. The van der Waals surface area contributed by atoms with E-state index >= 15 is 0 Å². The van der Waals surface area contributed by atoms with E-state index in [1.54, 1.807) is 36.4 Å². The zero-order valence-electron chi connectivity index (χ0n) is 13.8. The molecule has 1 N–H and O–H groups in total. The molecule has 0 radical (unpaired) electrons. The molecule has 0 aromatic heterocycles. The number of benzene rings is 2. The molecular formula is C19H13Br2ClN2O2S. The van der Waals surface area contributed by atoms with Gasteiger partial charge in [0.25, 0.3) is 5.91 Å². The molecule has 0 bridgehead atoms. The maximum atomic E-state index is 12.3. The number of nitrogens with zero attached hydrogens (tertiary/aromatic N) is 1. The van der Waals surface area contributed by atoms with Crippen molar-refractivity contribution in [3.8, 4) is 5.75 Å². The van der Waals surface area contributed by atoms with Crippen molar-refractivity contribution < 1.29 is 9.53 Å². The fraction of sp³-hybridized carbons (Fsp3) is 0.0526. The summed E-state index contributed by atoms with van der Waals surface area (Å²) in [6.07, 6.45) is 3.48. The summed E-state index contributed by atoms with van der Waals surface area (Å²) in [7, 11) is 0. The smallest absolute Gasteiger partial charge is 0.264 e. The predicted octanol–water partition coefficient (Wildman–Crippen LogP) is 6.32. The highest BCUT2D eigenvalue weighted by Gasteiger charge is 2.24. The number of carbonyl (C=O) groups is 1. The molecule has 3 rings (SSSR count). The Morgan fingerprint density at radius 3 is 2.52 bits per heavy atom. The van der Waals surface area contributed by atoms with Gasteiger partial charge in [-0.05, 0) is 91.7 Å². The van der Waals surface area contributed by atoms with Crippen molar-refractivity contribution in [2.75, 3.05) is 6.61 Å². The van der Waals surface area contributed by atoms with Crippen LogP contribution in [0.25, 0.3) is 6.08 Å². The van der Waals surface area contributed by atoms with E-state index in [1.165, 1.54) is 11.8 Å². The fourth-order valence-corrected chi connectivity index (χ4v) is 4.63. The number of rotatable bonds is 5. The van der Waals surface area contributed by atoms with Crippen LogP contribution in [0.15, 0.2) is 67.9 Å². The van der Waals surface area contributed by atoms with Gasteiger partial charge in [0.15, 0.2) is 5.17 Å². The molecule has 1 saturated heterocycles. The molecule has 4 nitrogen and oxygen atoms in total. The van der Waals surface area contributed by atoms with Gasteiger partial charge in [0.1, 0.15) is 12.4 Å². The Morgan fingerprint density at radius 2 is 1.89 bits per heavy atom. The second-order valence-electron chi connectivity index (χ2n) is 5.37. The van der Waals surface area contributed by atoms with Gasteiger partial charge in [-0.2, -0.15) is 0 Å². The van der Waals surface area contributed by atoms with Gasteiger partial charge >= 0.3 is 0 Å². The van der Waals surface area contributed by atoms with Gasteiger partial charge in [0.2, 0.25) is 0 Å². The Balaban J connectivity index is 1.82. The van der Waals surface area contributed by atoms with Gasteiger partial charge < -0.3 is 10.1 Å². The van der Waals surface area contributed by atoms with E-state index in [0.717, 1.165) is 20.2 Å². The quantitative estimate of drug-likeness (QED) is 0.365. The van der Waals surface area contributed by atoms with Gasteiger partial charge in [-0.15, -0.1) is 0 Å². The lowest BCUT2D eigenvalue weighted by Crippen LogP contribution is -2.19. The van der Waals surface area contributed by atoms with Crippen LogP contribution in [0.4, 0.5) is 5.69 Å². The molecule has 0 spiro atoms. The minimum absolute atomic E-state index is 0.188. The van der Waals surface area contributed by atoms with E-state index in [0.29, 0.717) is 27.5 Å². The average molecular weight is 529 g/mol. The van der Waals surface area contributed by atoms with E-state index < -0.39 is 0 Å². The number of hydrogen-bond acceptors (Lipinski definition) is 4. The molecule has 0 unspecified atom stereocenters. The molecule has 0 saturated carbocycles. The molecule has 1 heterocycles. The van der Waals surface area contributed by atoms with E-state index in [1.807, 2.05) is 12.1 Å². The third kappa shape index (κ3) is 5.25. The van der Waals surface area contributed by atoms with Gasteiger partial charge in [-0.3, -0.25) is 4.79 Å². The number of nitrogens with one attached hydrogen (secondary N) is 1. The lowest BCUT2D eigenvalue weighted by Gasteiger charge is -2.09. The summed E-state index contributed by atoms with van der Waals surface area (Å²) in [5, 5.41) is 3.93. The van der Waals surface area contributed by atoms with Crippen LogP contribution in [0.1, 0.15) is 5.56 Å². The van der Waals surface area contributed by atoms with Crippen molar-refractivity contribution >= 4 is 78.1 Å². The molecule has 138 valence electrons. The standard InChI is InChI=1S/C19H13Br2ClN2O2S/c1-2-7-26-17-14(20)8-11(9-15(17)21)10-16-18(25)24-19(27-16)23-13-5-3-12(22)4-6-13/h2-6,8-10H,1,7H2,(H,23,24,25)/b16-10-. The highest BCUT2D eigenvalue weighted by atomic mass is 79.9. The zero-order chi connectivity index (χ0) is 19.4. The number of hydrogen-bond donors (Lipinski definition) is 1.